The van der Waals surface area contributed by atoms with Crippen LogP contribution < -0.4 is 0 Å². The van der Waals surface area contributed by atoms with E-state index in [0.717, 1.165) is 56.5 Å². The predicted octanol–water partition coefficient (Wildman–Crippen LogP) is 1.06. The van der Waals surface area contributed by atoms with Crippen molar-refractivity contribution in [3.05, 3.63) is 17.7 Å². The van der Waals surface area contributed by atoms with Crippen molar-refractivity contribution in [2.45, 2.75) is 44.1 Å². The summed E-state index contributed by atoms with van der Waals surface area (Å²) in [6.07, 6.45) is 7.03. The van der Waals surface area contributed by atoms with Crippen LogP contribution in [-0.2, 0) is 26.3 Å². The molecule has 1 N–H and O–H groups in total. The fraction of sp³-hybridized carbons (Fsp3) is 0.737. The van der Waals surface area contributed by atoms with E-state index in [9.17, 15) is 9.59 Å². The molecule has 3 aliphatic heterocycles. The molecule has 0 aromatic carbocycles. The van der Waals surface area contributed by atoms with Gasteiger partial charge in [-0.05, 0) is 32.1 Å². The fourth-order valence-corrected chi connectivity index (χ4v) is 4.94. The molecule has 26 heavy (non-hydrogen) atoms. The third-order valence-electron chi connectivity index (χ3n) is 6.63. The first-order chi connectivity index (χ1) is 12.7. The highest BCUT2D eigenvalue weighted by Crippen LogP contribution is 2.45. The number of carbonyl (C=O) groups excluding carboxylic acids is 2. The lowest BCUT2D eigenvalue weighted by atomic mass is 9.78. The first-order valence-corrected chi connectivity index (χ1v) is 9.90. The van der Waals surface area contributed by atoms with E-state index in [1.54, 1.807) is 6.33 Å². The van der Waals surface area contributed by atoms with Crippen molar-refractivity contribution in [1.82, 2.24) is 19.8 Å². The fourth-order valence-electron chi connectivity index (χ4n) is 4.94. The second-order valence-corrected chi connectivity index (χ2v) is 8.16. The molecule has 1 aromatic rings. The monoisotopic (exact) mass is 358 g/mol. The number of likely N-dealkylation sites (tertiary alicyclic amines) is 1. The Hall–Kier alpha value is -1.89. The molecule has 1 aliphatic carbocycles. The molecule has 1 saturated carbocycles. The number of imidazole rings is 1. The van der Waals surface area contributed by atoms with Gasteiger partial charge in [-0.3, -0.25) is 9.59 Å². The molecule has 1 atom stereocenters. The van der Waals surface area contributed by atoms with E-state index >= 15 is 0 Å². The van der Waals surface area contributed by atoms with Crippen molar-refractivity contribution < 1.29 is 14.3 Å². The minimum atomic E-state index is -0.337. The summed E-state index contributed by atoms with van der Waals surface area (Å²) < 4.78 is 5.38. The maximum atomic E-state index is 13.0. The van der Waals surface area contributed by atoms with E-state index in [4.69, 9.17) is 4.74 Å². The van der Waals surface area contributed by atoms with Crippen LogP contribution in [-0.4, -0.2) is 64.4 Å². The summed E-state index contributed by atoms with van der Waals surface area (Å²) in [4.78, 5) is 37.7. The van der Waals surface area contributed by atoms with Gasteiger partial charge in [-0.25, -0.2) is 4.98 Å². The zero-order valence-corrected chi connectivity index (χ0v) is 15.1. The van der Waals surface area contributed by atoms with Crippen molar-refractivity contribution in [2.75, 3.05) is 32.8 Å². The molecule has 1 spiro atoms. The molecule has 3 fully saturated rings. The van der Waals surface area contributed by atoms with Gasteiger partial charge in [-0.2, -0.15) is 0 Å². The van der Waals surface area contributed by atoms with Crippen LogP contribution in [0.25, 0.3) is 0 Å². The number of hydrogen-bond acceptors (Lipinski definition) is 4. The van der Waals surface area contributed by atoms with Gasteiger partial charge < -0.3 is 19.5 Å². The topological polar surface area (TPSA) is 78.5 Å². The zero-order chi connectivity index (χ0) is 17.7. The smallest absolute Gasteiger partial charge is 0.228 e. The molecule has 2 amide bonds. The zero-order valence-electron chi connectivity index (χ0n) is 15.1. The number of aromatic amines is 1. The van der Waals surface area contributed by atoms with E-state index in [1.807, 2.05) is 4.90 Å². The van der Waals surface area contributed by atoms with Crippen LogP contribution in [0.5, 0.6) is 0 Å². The van der Waals surface area contributed by atoms with Gasteiger partial charge in [0.1, 0.15) is 0 Å². The summed E-state index contributed by atoms with van der Waals surface area (Å²) in [6.45, 7) is 3.38. The van der Waals surface area contributed by atoms with Crippen LogP contribution in [0.1, 0.15) is 43.5 Å². The van der Waals surface area contributed by atoms with Gasteiger partial charge in [0.15, 0.2) is 0 Å². The molecular weight excluding hydrogens is 332 g/mol. The Morgan fingerprint density at radius 3 is 2.62 bits per heavy atom. The highest BCUT2D eigenvalue weighted by atomic mass is 16.5. The van der Waals surface area contributed by atoms with Crippen LogP contribution in [0.4, 0.5) is 0 Å². The molecule has 5 rings (SSSR count). The molecule has 7 heteroatoms. The minimum absolute atomic E-state index is 0.0144. The largest absolute Gasteiger partial charge is 0.381 e. The van der Waals surface area contributed by atoms with E-state index in [-0.39, 0.29) is 23.3 Å². The summed E-state index contributed by atoms with van der Waals surface area (Å²) in [5.41, 5.74) is 1.86. The average molecular weight is 358 g/mol. The van der Waals surface area contributed by atoms with Gasteiger partial charge in [-0.15, -0.1) is 0 Å². The molecule has 4 aliphatic rings. The lowest BCUT2D eigenvalue weighted by Crippen LogP contribution is -2.59. The lowest BCUT2D eigenvalue weighted by Gasteiger charge is -2.50. The van der Waals surface area contributed by atoms with Crippen molar-refractivity contribution in [3.63, 3.8) is 0 Å². The van der Waals surface area contributed by atoms with Crippen molar-refractivity contribution in [3.8, 4) is 0 Å². The van der Waals surface area contributed by atoms with Crippen LogP contribution in [0, 0.1) is 11.8 Å². The number of rotatable bonds is 2. The number of amides is 2. The van der Waals surface area contributed by atoms with Crippen molar-refractivity contribution in [2.24, 2.45) is 11.8 Å². The summed E-state index contributed by atoms with van der Waals surface area (Å²) in [7, 11) is 0. The summed E-state index contributed by atoms with van der Waals surface area (Å²) in [5.74, 6) is 0.737. The first-order valence-electron chi connectivity index (χ1n) is 9.90. The molecule has 7 nitrogen and oxygen atoms in total. The Morgan fingerprint density at radius 2 is 1.92 bits per heavy atom. The molecule has 140 valence electrons. The van der Waals surface area contributed by atoms with Crippen LogP contribution in [0.15, 0.2) is 6.33 Å². The number of H-pyrrole nitrogens is 1. The van der Waals surface area contributed by atoms with Gasteiger partial charge in [0, 0.05) is 44.3 Å². The van der Waals surface area contributed by atoms with E-state index in [1.165, 1.54) is 0 Å². The standard InChI is InChI=1S/C19H26N4O3/c24-17(14-4-10-26-11-14)22-8-5-19(6-9-22)16-15(20-12-21-16)3-7-23(19)18(25)13-1-2-13/h12-14H,1-11H2,(H,20,21)/t14-/m0/s1. The van der Waals surface area contributed by atoms with Gasteiger partial charge in [0.05, 0.1) is 30.1 Å². The quantitative estimate of drug-likeness (QED) is 0.857. The third kappa shape index (κ3) is 2.47. The Labute approximate surface area is 153 Å². The minimum Gasteiger partial charge on any atom is -0.381 e. The Balaban J connectivity index is 1.39. The van der Waals surface area contributed by atoms with Crippen molar-refractivity contribution >= 4 is 11.8 Å². The molecule has 0 bridgehead atoms. The lowest BCUT2D eigenvalue weighted by molar-refractivity contribution is -0.146. The van der Waals surface area contributed by atoms with E-state index < -0.39 is 0 Å². The second kappa shape index (κ2) is 6.08. The van der Waals surface area contributed by atoms with Gasteiger partial charge in [0.2, 0.25) is 11.8 Å². The molecule has 1 aromatic heterocycles. The number of hydrogen-bond donors (Lipinski definition) is 1. The molecule has 4 heterocycles. The Kier molecular flexibility index (Phi) is 3.81. The van der Waals surface area contributed by atoms with Gasteiger partial charge in [0.25, 0.3) is 0 Å². The number of nitrogens with one attached hydrogen (secondary N) is 1. The van der Waals surface area contributed by atoms with E-state index in [2.05, 4.69) is 14.9 Å². The number of piperidine rings is 1. The maximum absolute atomic E-state index is 13.0. The van der Waals surface area contributed by atoms with Crippen LogP contribution >= 0.6 is 0 Å². The normalized spacial score (nSPS) is 27.6. The number of fused-ring (bicyclic) bond motifs is 2. The summed E-state index contributed by atoms with van der Waals surface area (Å²) >= 11 is 0. The number of ether oxygens (including phenoxy) is 1. The van der Waals surface area contributed by atoms with Gasteiger partial charge >= 0.3 is 0 Å². The SMILES string of the molecule is O=C([C@H]1CCOC1)N1CCC2(CC1)c1nc[nH]c1CCN2C(=O)C1CC1. The molecular formula is C19H26N4O3. The number of nitrogens with zero attached hydrogens (tertiary/aromatic N) is 3. The molecule has 0 radical (unpaired) electrons. The van der Waals surface area contributed by atoms with Gasteiger partial charge in [-0.1, -0.05) is 0 Å². The van der Waals surface area contributed by atoms with E-state index in [0.29, 0.717) is 32.2 Å². The predicted molar refractivity (Wildman–Crippen MR) is 93.1 cm³/mol. The van der Waals surface area contributed by atoms with Crippen LogP contribution in [0.3, 0.4) is 0 Å². The highest BCUT2D eigenvalue weighted by molar-refractivity contribution is 5.82. The number of carbonyl (C=O) groups is 2. The maximum Gasteiger partial charge on any atom is 0.228 e. The third-order valence-corrected chi connectivity index (χ3v) is 6.63. The first kappa shape index (κ1) is 16.3. The Bertz CT molecular complexity index is 712. The Morgan fingerprint density at radius 1 is 1.12 bits per heavy atom. The number of aromatic nitrogens is 2. The second-order valence-electron chi connectivity index (χ2n) is 8.16. The van der Waals surface area contributed by atoms with Crippen LogP contribution in [0.2, 0.25) is 0 Å². The highest BCUT2D eigenvalue weighted by Gasteiger charge is 2.51. The molecule has 2 saturated heterocycles. The summed E-state index contributed by atoms with van der Waals surface area (Å²) in [6, 6.07) is 0. The van der Waals surface area contributed by atoms with Crippen molar-refractivity contribution in [1.29, 1.82) is 0 Å². The average Bonchev–Trinajstić information content (AvgIpc) is 3.16. The summed E-state index contributed by atoms with van der Waals surface area (Å²) in [5, 5.41) is 0. The molecule has 0 unspecified atom stereocenters.